The number of amides is 1. The first-order valence-electron chi connectivity index (χ1n) is 9.10. The van der Waals surface area contributed by atoms with Crippen LogP contribution in [0.5, 0.6) is 0 Å². The monoisotopic (exact) mass is 421 g/mol. The molecule has 8 nitrogen and oxygen atoms in total. The zero-order chi connectivity index (χ0) is 18.3. The Bertz CT molecular complexity index is 807. The van der Waals surface area contributed by atoms with Crippen molar-refractivity contribution in [3.63, 3.8) is 0 Å². The predicted octanol–water partition coefficient (Wildman–Crippen LogP) is 1.12. The van der Waals surface area contributed by atoms with Crippen LogP contribution in [-0.4, -0.2) is 81.8 Å². The number of nitrogens with zero attached hydrogens (tertiary/aromatic N) is 7. The van der Waals surface area contributed by atoms with Crippen molar-refractivity contribution in [2.45, 2.75) is 12.8 Å². The Kier molecular flexibility index (Phi) is 4.83. The number of halogens is 1. The highest BCUT2D eigenvalue weighted by Crippen LogP contribution is 2.32. The first-order chi connectivity index (χ1) is 12.5. The van der Waals surface area contributed by atoms with Gasteiger partial charge in [0.15, 0.2) is 5.65 Å². The smallest absolute Gasteiger partial charge is 0.225 e. The summed E-state index contributed by atoms with van der Waals surface area (Å²) in [6.45, 7) is 5.31. The van der Waals surface area contributed by atoms with Gasteiger partial charge in [-0.2, -0.15) is 5.10 Å². The maximum absolute atomic E-state index is 12.8. The molecule has 1 amide bonds. The average Bonchev–Trinajstić information content (AvgIpc) is 2.96. The van der Waals surface area contributed by atoms with Gasteiger partial charge in [0, 0.05) is 52.2 Å². The molecular weight excluding hydrogens is 398 g/mol. The van der Waals surface area contributed by atoms with Crippen LogP contribution in [0.1, 0.15) is 12.8 Å². The van der Waals surface area contributed by atoms with Gasteiger partial charge in [-0.1, -0.05) is 0 Å². The number of aromatic nitrogens is 4. The summed E-state index contributed by atoms with van der Waals surface area (Å²) in [6.07, 6.45) is 3.33. The third-order valence-corrected chi connectivity index (χ3v) is 6.07. The van der Waals surface area contributed by atoms with E-state index in [1.54, 1.807) is 11.0 Å². The number of hydrogen-bond acceptors (Lipinski definition) is 6. The first-order valence-corrected chi connectivity index (χ1v) is 9.89. The molecule has 26 heavy (non-hydrogen) atoms. The molecule has 0 saturated carbocycles. The molecule has 0 aromatic carbocycles. The lowest BCUT2D eigenvalue weighted by Crippen LogP contribution is -2.50. The van der Waals surface area contributed by atoms with Crippen LogP contribution in [0, 0.1) is 5.92 Å². The number of fused-ring (bicyclic) bond motifs is 1. The molecule has 2 aliphatic heterocycles. The lowest BCUT2D eigenvalue weighted by Gasteiger charge is -2.38. The van der Waals surface area contributed by atoms with Gasteiger partial charge in [0.05, 0.1) is 5.39 Å². The van der Waals surface area contributed by atoms with E-state index in [-0.39, 0.29) is 5.92 Å². The van der Waals surface area contributed by atoms with E-state index in [0.29, 0.717) is 5.91 Å². The molecule has 0 bridgehead atoms. The Morgan fingerprint density at radius 1 is 1.08 bits per heavy atom. The minimum absolute atomic E-state index is 0.129. The number of hydrogen-bond donors (Lipinski definition) is 0. The third kappa shape index (κ3) is 3.18. The number of piperidine rings is 1. The van der Waals surface area contributed by atoms with E-state index in [2.05, 4.69) is 47.8 Å². The summed E-state index contributed by atoms with van der Waals surface area (Å²) in [5, 5.41) is 5.34. The Hall–Kier alpha value is -1.74. The van der Waals surface area contributed by atoms with E-state index in [1.165, 1.54) is 0 Å². The van der Waals surface area contributed by atoms with Crippen molar-refractivity contribution in [2.24, 2.45) is 13.0 Å². The summed E-state index contributed by atoms with van der Waals surface area (Å²) >= 11 is 3.52. The summed E-state index contributed by atoms with van der Waals surface area (Å²) in [5.41, 5.74) is 0.817. The standard InChI is InChI=1S/C17H24BrN7O/c1-22-7-9-25(10-8-22)17(26)12-3-5-24(6-4-12)16-13-14(18)21-23(2)15(13)19-11-20-16/h11-12H,3-10H2,1-2H3. The lowest BCUT2D eigenvalue weighted by atomic mass is 9.95. The number of anilines is 1. The van der Waals surface area contributed by atoms with E-state index < -0.39 is 0 Å². The molecule has 0 spiro atoms. The minimum atomic E-state index is 0.129. The first kappa shape index (κ1) is 17.7. The van der Waals surface area contributed by atoms with Crippen LogP contribution in [0.3, 0.4) is 0 Å². The van der Waals surface area contributed by atoms with Crippen molar-refractivity contribution >= 4 is 38.7 Å². The predicted molar refractivity (Wildman–Crippen MR) is 103 cm³/mol. The van der Waals surface area contributed by atoms with E-state index in [4.69, 9.17) is 0 Å². The summed E-state index contributed by atoms with van der Waals surface area (Å²) in [6, 6.07) is 0. The van der Waals surface area contributed by atoms with Gasteiger partial charge in [-0.05, 0) is 35.8 Å². The fraction of sp³-hybridized carbons (Fsp3) is 0.647. The Labute approximate surface area is 161 Å². The van der Waals surface area contributed by atoms with Crippen LogP contribution in [-0.2, 0) is 11.8 Å². The molecule has 2 fully saturated rings. The Balaban J connectivity index is 1.45. The second-order valence-corrected chi connectivity index (χ2v) is 7.95. The largest absolute Gasteiger partial charge is 0.356 e. The van der Waals surface area contributed by atoms with Gasteiger partial charge in [0.1, 0.15) is 16.7 Å². The fourth-order valence-corrected chi connectivity index (χ4v) is 4.48. The zero-order valence-electron chi connectivity index (χ0n) is 15.2. The lowest BCUT2D eigenvalue weighted by molar-refractivity contribution is -0.137. The molecule has 2 saturated heterocycles. The zero-order valence-corrected chi connectivity index (χ0v) is 16.8. The minimum Gasteiger partial charge on any atom is -0.356 e. The van der Waals surface area contributed by atoms with Gasteiger partial charge in [0.2, 0.25) is 5.91 Å². The quantitative estimate of drug-likeness (QED) is 0.723. The molecule has 4 rings (SSSR count). The van der Waals surface area contributed by atoms with Crippen molar-refractivity contribution in [3.8, 4) is 0 Å². The van der Waals surface area contributed by atoms with Crippen LogP contribution < -0.4 is 4.90 Å². The topological polar surface area (TPSA) is 70.4 Å². The maximum Gasteiger partial charge on any atom is 0.225 e. The van der Waals surface area contributed by atoms with Gasteiger partial charge >= 0.3 is 0 Å². The number of rotatable bonds is 2. The van der Waals surface area contributed by atoms with E-state index in [9.17, 15) is 4.79 Å². The molecule has 140 valence electrons. The van der Waals surface area contributed by atoms with Gasteiger partial charge in [-0.3, -0.25) is 4.79 Å². The summed E-state index contributed by atoms with van der Waals surface area (Å²) in [5.74, 6) is 1.36. The van der Waals surface area contributed by atoms with Crippen LogP contribution in [0.25, 0.3) is 11.0 Å². The molecule has 9 heteroatoms. The molecule has 0 N–H and O–H groups in total. The van der Waals surface area contributed by atoms with E-state index >= 15 is 0 Å². The molecule has 0 atom stereocenters. The van der Waals surface area contributed by atoms with Crippen molar-refractivity contribution in [1.29, 1.82) is 0 Å². The summed E-state index contributed by atoms with van der Waals surface area (Å²) in [4.78, 5) is 28.2. The van der Waals surface area contributed by atoms with Crippen molar-refractivity contribution in [2.75, 3.05) is 51.2 Å². The molecule has 4 heterocycles. The molecule has 2 aromatic heterocycles. The maximum atomic E-state index is 12.8. The average molecular weight is 422 g/mol. The fourth-order valence-electron chi connectivity index (χ4n) is 3.89. The number of carbonyl (C=O) groups is 1. The number of carbonyl (C=O) groups excluding carboxylic acids is 1. The van der Waals surface area contributed by atoms with Gasteiger partial charge < -0.3 is 14.7 Å². The summed E-state index contributed by atoms with van der Waals surface area (Å²) in [7, 11) is 3.99. The van der Waals surface area contributed by atoms with Crippen LogP contribution in [0.15, 0.2) is 10.9 Å². The number of aryl methyl sites for hydroxylation is 1. The van der Waals surface area contributed by atoms with Crippen molar-refractivity contribution in [1.82, 2.24) is 29.5 Å². The highest BCUT2D eigenvalue weighted by molar-refractivity contribution is 9.10. The molecule has 0 aliphatic carbocycles. The third-order valence-electron chi connectivity index (χ3n) is 5.52. The van der Waals surface area contributed by atoms with Crippen molar-refractivity contribution < 1.29 is 4.79 Å². The molecule has 0 radical (unpaired) electrons. The van der Waals surface area contributed by atoms with Crippen LogP contribution in [0.4, 0.5) is 5.82 Å². The SMILES string of the molecule is CN1CCN(C(=O)C2CCN(c3ncnc4c3c(Br)nn4C)CC2)CC1. The molecule has 2 aromatic rings. The van der Waals surface area contributed by atoms with E-state index in [1.807, 2.05) is 11.9 Å². The second kappa shape index (κ2) is 7.11. The van der Waals surface area contributed by atoms with Gasteiger partial charge in [-0.15, -0.1) is 0 Å². The van der Waals surface area contributed by atoms with Crippen molar-refractivity contribution in [3.05, 3.63) is 10.9 Å². The van der Waals surface area contributed by atoms with E-state index in [0.717, 1.165) is 73.6 Å². The highest BCUT2D eigenvalue weighted by Gasteiger charge is 2.31. The van der Waals surface area contributed by atoms with Crippen LogP contribution >= 0.6 is 15.9 Å². The van der Waals surface area contributed by atoms with Gasteiger partial charge in [-0.25, -0.2) is 14.6 Å². The normalized spacial score (nSPS) is 20.1. The number of likely N-dealkylation sites (N-methyl/N-ethyl adjacent to an activating group) is 1. The Morgan fingerprint density at radius 3 is 2.46 bits per heavy atom. The second-order valence-electron chi connectivity index (χ2n) is 7.20. The number of piperazine rings is 1. The molecule has 0 unspecified atom stereocenters. The Morgan fingerprint density at radius 2 is 1.77 bits per heavy atom. The van der Waals surface area contributed by atoms with Crippen LogP contribution in [0.2, 0.25) is 0 Å². The van der Waals surface area contributed by atoms with Gasteiger partial charge in [0.25, 0.3) is 0 Å². The summed E-state index contributed by atoms with van der Waals surface area (Å²) < 4.78 is 2.52. The molecule has 2 aliphatic rings. The molecular formula is C17H24BrN7O. The highest BCUT2D eigenvalue weighted by atomic mass is 79.9.